The Balaban J connectivity index is 1.95. The molecule has 3 rings (SSSR count). The molecule has 0 radical (unpaired) electrons. The third-order valence-electron chi connectivity index (χ3n) is 5.09. The summed E-state index contributed by atoms with van der Waals surface area (Å²) >= 11 is 1.52. The van der Waals surface area contributed by atoms with Gasteiger partial charge in [-0.05, 0) is 41.2 Å². The fraction of sp³-hybridized carbons (Fsp3) is 0.417. The summed E-state index contributed by atoms with van der Waals surface area (Å²) in [7, 11) is 0. The van der Waals surface area contributed by atoms with Crippen molar-refractivity contribution in [2.75, 3.05) is 12.4 Å². The molecule has 2 unspecified atom stereocenters. The van der Waals surface area contributed by atoms with E-state index < -0.39 is 17.8 Å². The molecule has 0 saturated carbocycles. The molecule has 6 heteroatoms. The van der Waals surface area contributed by atoms with Crippen LogP contribution in [-0.2, 0) is 14.9 Å². The Labute approximate surface area is 181 Å². The molecule has 4 nitrogen and oxygen atoms in total. The van der Waals surface area contributed by atoms with E-state index in [0.29, 0.717) is 18.8 Å². The summed E-state index contributed by atoms with van der Waals surface area (Å²) in [6, 6.07) is 13.0. The molecule has 160 valence electrons. The van der Waals surface area contributed by atoms with E-state index in [9.17, 15) is 14.0 Å². The number of carbonyl (C=O) groups excluding carboxylic acids is 2. The summed E-state index contributed by atoms with van der Waals surface area (Å²) in [6.07, 6.45) is 0.709. The van der Waals surface area contributed by atoms with Crippen LogP contribution in [-0.4, -0.2) is 35.2 Å². The Morgan fingerprint density at radius 2 is 1.87 bits per heavy atom. The van der Waals surface area contributed by atoms with Crippen LogP contribution in [0.3, 0.4) is 0 Å². The van der Waals surface area contributed by atoms with Gasteiger partial charge in [-0.1, -0.05) is 58.0 Å². The third-order valence-corrected chi connectivity index (χ3v) is 6.41. The zero-order valence-electron chi connectivity index (χ0n) is 17.9. The molecule has 0 aliphatic carbocycles. The molecule has 2 aromatic carbocycles. The number of rotatable bonds is 5. The molecule has 1 aliphatic heterocycles. The molecular weight excluding hydrogens is 401 g/mol. The predicted molar refractivity (Wildman–Crippen MR) is 118 cm³/mol. The second-order valence-electron chi connectivity index (χ2n) is 8.46. The molecule has 30 heavy (non-hydrogen) atoms. The quantitative estimate of drug-likeness (QED) is 0.603. The van der Waals surface area contributed by atoms with Crippen molar-refractivity contribution in [3.63, 3.8) is 0 Å². The minimum Gasteiger partial charge on any atom is -0.464 e. The zero-order chi connectivity index (χ0) is 21.9. The maximum absolute atomic E-state index is 13.7. The lowest BCUT2D eigenvalue weighted by Gasteiger charge is -2.29. The minimum absolute atomic E-state index is 0.0188. The minimum atomic E-state index is -0.704. The van der Waals surface area contributed by atoms with Gasteiger partial charge in [-0.15, -0.1) is 11.8 Å². The van der Waals surface area contributed by atoms with Gasteiger partial charge in [-0.2, -0.15) is 0 Å². The van der Waals surface area contributed by atoms with Gasteiger partial charge < -0.3 is 9.64 Å². The highest BCUT2D eigenvalue weighted by Gasteiger charge is 2.43. The second-order valence-corrected chi connectivity index (χ2v) is 9.58. The van der Waals surface area contributed by atoms with Gasteiger partial charge in [0.15, 0.2) is 0 Å². The van der Waals surface area contributed by atoms with Crippen LogP contribution in [0.1, 0.15) is 61.0 Å². The van der Waals surface area contributed by atoms with Gasteiger partial charge in [-0.25, -0.2) is 9.18 Å². The number of hydrogen-bond acceptors (Lipinski definition) is 4. The first-order chi connectivity index (χ1) is 14.2. The van der Waals surface area contributed by atoms with E-state index in [1.807, 2.05) is 19.1 Å². The highest BCUT2D eigenvalue weighted by atomic mass is 32.2. The van der Waals surface area contributed by atoms with Crippen LogP contribution in [0.5, 0.6) is 0 Å². The van der Waals surface area contributed by atoms with E-state index in [-0.39, 0.29) is 22.3 Å². The number of ether oxygens (including phenoxy) is 1. The number of carbonyl (C=O) groups is 2. The first-order valence-corrected chi connectivity index (χ1v) is 11.2. The molecule has 2 atom stereocenters. The summed E-state index contributed by atoms with van der Waals surface area (Å²) < 4.78 is 19.1. The van der Waals surface area contributed by atoms with Gasteiger partial charge in [0.2, 0.25) is 0 Å². The van der Waals surface area contributed by atoms with Crippen LogP contribution in [0.15, 0.2) is 48.5 Å². The van der Waals surface area contributed by atoms with Crippen molar-refractivity contribution in [1.82, 2.24) is 4.90 Å². The molecule has 1 saturated heterocycles. The fourth-order valence-corrected chi connectivity index (χ4v) is 4.82. The molecule has 1 aliphatic rings. The maximum atomic E-state index is 13.7. The highest BCUT2D eigenvalue weighted by molar-refractivity contribution is 7.99. The average Bonchev–Trinajstić information content (AvgIpc) is 3.16. The predicted octanol–water partition coefficient (Wildman–Crippen LogP) is 5.33. The monoisotopic (exact) mass is 429 g/mol. The Kier molecular flexibility index (Phi) is 6.86. The number of hydrogen-bond donors (Lipinski definition) is 0. The molecule has 0 bridgehead atoms. The lowest BCUT2D eigenvalue weighted by molar-refractivity contribution is -0.148. The van der Waals surface area contributed by atoms with Crippen molar-refractivity contribution in [3.05, 3.63) is 71.0 Å². The Bertz CT molecular complexity index is 907. The van der Waals surface area contributed by atoms with Crippen molar-refractivity contribution in [2.24, 2.45) is 0 Å². The standard InChI is InChI=1S/C24H28FNO3S/c1-5-13-29-23(28)20-15-30-22(16-9-11-18(12-10-16)24(2,3)4)26(20)21(27)17-7-6-8-19(25)14-17/h6-12,14,20,22H,5,13,15H2,1-4H3. The molecule has 1 amide bonds. The first-order valence-electron chi connectivity index (χ1n) is 10.2. The van der Waals surface area contributed by atoms with Crippen LogP contribution < -0.4 is 0 Å². The van der Waals surface area contributed by atoms with Gasteiger partial charge in [0, 0.05) is 11.3 Å². The van der Waals surface area contributed by atoms with Gasteiger partial charge >= 0.3 is 5.97 Å². The van der Waals surface area contributed by atoms with E-state index in [0.717, 1.165) is 5.56 Å². The third kappa shape index (κ3) is 4.86. The summed E-state index contributed by atoms with van der Waals surface area (Å²) in [5.74, 6) is -0.829. The van der Waals surface area contributed by atoms with Gasteiger partial charge in [-0.3, -0.25) is 4.79 Å². The summed E-state index contributed by atoms with van der Waals surface area (Å²) in [6.45, 7) is 8.67. The Morgan fingerprint density at radius 1 is 1.17 bits per heavy atom. The van der Waals surface area contributed by atoms with E-state index in [2.05, 4.69) is 32.9 Å². The lowest BCUT2D eigenvalue weighted by atomic mass is 9.86. The molecular formula is C24H28FNO3S. The van der Waals surface area contributed by atoms with Crippen LogP contribution >= 0.6 is 11.8 Å². The second kappa shape index (κ2) is 9.21. The molecule has 1 heterocycles. The maximum Gasteiger partial charge on any atom is 0.329 e. The molecule has 2 aromatic rings. The van der Waals surface area contributed by atoms with Gasteiger partial charge in [0.1, 0.15) is 17.2 Å². The lowest BCUT2D eigenvalue weighted by Crippen LogP contribution is -2.44. The van der Waals surface area contributed by atoms with Gasteiger partial charge in [0.25, 0.3) is 5.91 Å². The molecule has 0 N–H and O–H groups in total. The van der Waals surface area contributed by atoms with E-state index in [1.54, 1.807) is 11.0 Å². The number of esters is 1. The molecule has 1 fully saturated rings. The summed E-state index contributed by atoms with van der Waals surface area (Å²) in [4.78, 5) is 27.6. The van der Waals surface area contributed by atoms with Crippen LogP contribution in [0.4, 0.5) is 4.39 Å². The van der Waals surface area contributed by atoms with Crippen molar-refractivity contribution in [3.8, 4) is 0 Å². The average molecular weight is 430 g/mol. The Morgan fingerprint density at radius 3 is 2.47 bits per heavy atom. The van der Waals surface area contributed by atoms with E-state index in [1.165, 1.54) is 35.5 Å². The van der Waals surface area contributed by atoms with Crippen molar-refractivity contribution in [1.29, 1.82) is 0 Å². The molecule has 0 spiro atoms. The number of thioether (sulfide) groups is 1. The SMILES string of the molecule is CCCOC(=O)C1CSC(c2ccc(C(C)(C)C)cc2)N1C(=O)c1cccc(F)c1. The highest BCUT2D eigenvalue weighted by Crippen LogP contribution is 2.43. The normalized spacial score (nSPS) is 19.0. The first kappa shape index (κ1) is 22.3. The van der Waals surface area contributed by atoms with Crippen LogP contribution in [0.25, 0.3) is 0 Å². The van der Waals surface area contributed by atoms with Crippen molar-refractivity contribution in [2.45, 2.75) is 50.9 Å². The summed E-state index contributed by atoms with van der Waals surface area (Å²) in [5, 5.41) is -0.339. The number of halogens is 1. The van der Waals surface area contributed by atoms with Crippen LogP contribution in [0.2, 0.25) is 0 Å². The van der Waals surface area contributed by atoms with Crippen molar-refractivity contribution >= 4 is 23.6 Å². The summed E-state index contributed by atoms with van der Waals surface area (Å²) in [5.41, 5.74) is 2.37. The molecule has 0 aromatic heterocycles. The van der Waals surface area contributed by atoms with E-state index in [4.69, 9.17) is 4.74 Å². The number of amides is 1. The fourth-order valence-electron chi connectivity index (χ4n) is 3.41. The smallest absolute Gasteiger partial charge is 0.329 e. The zero-order valence-corrected chi connectivity index (χ0v) is 18.7. The Hall–Kier alpha value is -2.34. The topological polar surface area (TPSA) is 46.6 Å². The number of benzene rings is 2. The van der Waals surface area contributed by atoms with Crippen molar-refractivity contribution < 1.29 is 18.7 Å². The number of nitrogens with zero attached hydrogens (tertiary/aromatic N) is 1. The van der Waals surface area contributed by atoms with E-state index >= 15 is 0 Å². The van der Waals surface area contributed by atoms with Gasteiger partial charge in [0.05, 0.1) is 6.61 Å². The largest absolute Gasteiger partial charge is 0.464 e. The van der Waals surface area contributed by atoms with Crippen LogP contribution in [0, 0.1) is 5.82 Å².